The zero-order valence-corrected chi connectivity index (χ0v) is 14.3. The summed E-state index contributed by atoms with van der Waals surface area (Å²) in [5, 5.41) is 25.9. The summed E-state index contributed by atoms with van der Waals surface area (Å²) in [6, 6.07) is 10.4. The lowest BCUT2D eigenvalue weighted by Gasteiger charge is -2.29. The molecule has 1 N–H and O–H groups in total. The van der Waals surface area contributed by atoms with E-state index in [0.29, 0.717) is 37.6 Å². The Labute approximate surface area is 154 Å². The number of hydrogen-bond donors (Lipinski definition) is 1. The van der Waals surface area contributed by atoms with Crippen LogP contribution in [-0.4, -0.2) is 42.4 Å². The number of rotatable bonds is 6. The van der Waals surface area contributed by atoms with Crippen molar-refractivity contribution in [3.8, 4) is 0 Å². The van der Waals surface area contributed by atoms with Gasteiger partial charge in [0.2, 0.25) is 0 Å². The minimum absolute atomic E-state index is 0.0159. The van der Waals surface area contributed by atoms with Gasteiger partial charge in [0.05, 0.1) is 35.0 Å². The van der Waals surface area contributed by atoms with E-state index in [1.165, 1.54) is 42.6 Å². The Bertz CT molecular complexity index is 863. The number of nitrogens with one attached hydrogen (secondary N) is 1. The number of hydrazone groups is 1. The number of nitro benzene ring substituents is 2. The largest absolute Gasteiger partial charge is 0.378 e. The van der Waals surface area contributed by atoms with Crippen LogP contribution < -0.4 is 10.3 Å². The van der Waals surface area contributed by atoms with E-state index < -0.39 is 9.85 Å². The smallest absolute Gasteiger partial charge is 0.270 e. The number of nitro groups is 2. The van der Waals surface area contributed by atoms with E-state index in [9.17, 15) is 20.2 Å². The SMILES string of the molecule is O=[N+]([O-])c1ccc(N/N=C\c2cc([N+](=O)[O-])ccc2N2CCOCC2)cc1. The van der Waals surface area contributed by atoms with Gasteiger partial charge in [-0.3, -0.25) is 25.7 Å². The van der Waals surface area contributed by atoms with Crippen molar-refractivity contribution in [1.82, 2.24) is 0 Å². The Kier molecular flexibility index (Phi) is 5.57. The fourth-order valence-electron chi connectivity index (χ4n) is 2.69. The summed E-state index contributed by atoms with van der Waals surface area (Å²) in [5.41, 5.74) is 4.73. The van der Waals surface area contributed by atoms with Crippen LogP contribution in [0.4, 0.5) is 22.7 Å². The van der Waals surface area contributed by atoms with Gasteiger partial charge in [-0.15, -0.1) is 0 Å². The quantitative estimate of drug-likeness (QED) is 0.470. The predicted molar refractivity (Wildman–Crippen MR) is 100 cm³/mol. The second kappa shape index (κ2) is 8.23. The monoisotopic (exact) mass is 371 g/mol. The Hall–Kier alpha value is -3.53. The molecular weight excluding hydrogens is 354 g/mol. The molecule has 10 nitrogen and oxygen atoms in total. The molecule has 3 rings (SSSR count). The van der Waals surface area contributed by atoms with Gasteiger partial charge in [0, 0.05) is 48.6 Å². The molecule has 0 amide bonds. The zero-order valence-electron chi connectivity index (χ0n) is 14.3. The molecule has 1 heterocycles. The predicted octanol–water partition coefficient (Wildman–Crippen LogP) is 2.79. The molecule has 140 valence electrons. The maximum absolute atomic E-state index is 11.1. The molecule has 10 heteroatoms. The van der Waals surface area contributed by atoms with Crippen LogP contribution in [-0.2, 0) is 4.74 Å². The van der Waals surface area contributed by atoms with Gasteiger partial charge >= 0.3 is 0 Å². The van der Waals surface area contributed by atoms with Crippen molar-refractivity contribution in [2.24, 2.45) is 5.10 Å². The van der Waals surface area contributed by atoms with E-state index in [1.54, 1.807) is 6.07 Å². The van der Waals surface area contributed by atoms with Crippen molar-refractivity contribution in [3.05, 3.63) is 68.3 Å². The van der Waals surface area contributed by atoms with E-state index in [-0.39, 0.29) is 11.4 Å². The minimum Gasteiger partial charge on any atom is -0.378 e. The van der Waals surface area contributed by atoms with Crippen molar-refractivity contribution in [2.45, 2.75) is 0 Å². The van der Waals surface area contributed by atoms with Crippen molar-refractivity contribution >= 4 is 29.0 Å². The van der Waals surface area contributed by atoms with Gasteiger partial charge in [0.15, 0.2) is 0 Å². The van der Waals surface area contributed by atoms with Gasteiger partial charge in [-0.05, 0) is 18.2 Å². The van der Waals surface area contributed by atoms with Gasteiger partial charge < -0.3 is 9.64 Å². The molecule has 0 aromatic heterocycles. The third kappa shape index (κ3) is 4.55. The maximum atomic E-state index is 11.1. The standard InChI is InChI=1S/C17H17N5O5/c23-21(24)15-3-1-14(2-4-15)19-18-12-13-11-16(22(25)26)5-6-17(13)20-7-9-27-10-8-20/h1-6,11-12,19H,7-10H2/b18-12-. The van der Waals surface area contributed by atoms with Gasteiger partial charge in [-0.2, -0.15) is 5.10 Å². The molecule has 0 radical (unpaired) electrons. The van der Waals surface area contributed by atoms with Crippen LogP contribution >= 0.6 is 0 Å². The Morgan fingerprint density at radius 1 is 1.00 bits per heavy atom. The summed E-state index contributed by atoms with van der Waals surface area (Å²) >= 11 is 0. The average molecular weight is 371 g/mol. The van der Waals surface area contributed by atoms with Crippen LogP contribution in [0.2, 0.25) is 0 Å². The number of hydrogen-bond acceptors (Lipinski definition) is 8. The summed E-state index contributed by atoms with van der Waals surface area (Å²) in [6.07, 6.45) is 1.50. The van der Waals surface area contributed by atoms with E-state index in [1.807, 2.05) is 0 Å². The van der Waals surface area contributed by atoms with Crippen LogP contribution in [0, 0.1) is 20.2 Å². The van der Waals surface area contributed by atoms with Crippen molar-refractivity contribution in [2.75, 3.05) is 36.6 Å². The van der Waals surface area contributed by atoms with Crippen LogP contribution in [0.5, 0.6) is 0 Å². The van der Waals surface area contributed by atoms with E-state index in [0.717, 1.165) is 5.69 Å². The number of nitrogens with zero attached hydrogens (tertiary/aromatic N) is 4. The highest BCUT2D eigenvalue weighted by molar-refractivity contribution is 5.89. The van der Waals surface area contributed by atoms with Crippen molar-refractivity contribution in [3.63, 3.8) is 0 Å². The molecule has 0 saturated carbocycles. The van der Waals surface area contributed by atoms with Crippen molar-refractivity contribution < 1.29 is 14.6 Å². The topological polar surface area (TPSA) is 123 Å². The molecular formula is C17H17N5O5. The number of benzene rings is 2. The van der Waals surface area contributed by atoms with Gasteiger partial charge in [0.1, 0.15) is 0 Å². The molecule has 1 aliphatic rings. The summed E-state index contributed by atoms with van der Waals surface area (Å²) in [4.78, 5) is 22.9. The van der Waals surface area contributed by atoms with Gasteiger partial charge in [-0.1, -0.05) is 0 Å². The Morgan fingerprint density at radius 3 is 2.26 bits per heavy atom. The lowest BCUT2D eigenvalue weighted by molar-refractivity contribution is -0.385. The molecule has 1 aliphatic heterocycles. The molecule has 1 saturated heterocycles. The summed E-state index contributed by atoms with van der Waals surface area (Å²) in [7, 11) is 0. The van der Waals surface area contributed by atoms with Crippen molar-refractivity contribution in [1.29, 1.82) is 0 Å². The fraction of sp³-hybridized carbons (Fsp3) is 0.235. The molecule has 0 bridgehead atoms. The lowest BCUT2D eigenvalue weighted by atomic mass is 10.1. The van der Waals surface area contributed by atoms with Crippen LogP contribution in [0.25, 0.3) is 0 Å². The molecule has 27 heavy (non-hydrogen) atoms. The summed E-state index contributed by atoms with van der Waals surface area (Å²) < 4.78 is 5.34. The molecule has 0 unspecified atom stereocenters. The van der Waals surface area contributed by atoms with Crippen LogP contribution in [0.15, 0.2) is 47.6 Å². The first-order chi connectivity index (χ1) is 13.0. The van der Waals surface area contributed by atoms with Gasteiger partial charge in [-0.25, -0.2) is 0 Å². The highest BCUT2D eigenvalue weighted by atomic mass is 16.6. The Balaban J connectivity index is 1.80. The first-order valence-corrected chi connectivity index (χ1v) is 8.19. The molecule has 0 spiro atoms. The van der Waals surface area contributed by atoms with Crippen LogP contribution in [0.1, 0.15) is 5.56 Å². The second-order valence-electron chi connectivity index (χ2n) is 5.77. The minimum atomic E-state index is -0.481. The van der Waals surface area contributed by atoms with E-state index >= 15 is 0 Å². The summed E-state index contributed by atoms with van der Waals surface area (Å²) in [6.45, 7) is 2.56. The first-order valence-electron chi connectivity index (χ1n) is 8.19. The number of anilines is 2. The van der Waals surface area contributed by atoms with Gasteiger partial charge in [0.25, 0.3) is 11.4 Å². The molecule has 2 aromatic rings. The third-order valence-corrected chi connectivity index (χ3v) is 4.05. The maximum Gasteiger partial charge on any atom is 0.270 e. The average Bonchev–Trinajstić information content (AvgIpc) is 2.69. The lowest BCUT2D eigenvalue weighted by Crippen LogP contribution is -2.36. The van der Waals surface area contributed by atoms with Crippen LogP contribution in [0.3, 0.4) is 0 Å². The highest BCUT2D eigenvalue weighted by Gasteiger charge is 2.17. The normalized spacial score (nSPS) is 14.3. The number of ether oxygens (including phenoxy) is 1. The molecule has 0 aliphatic carbocycles. The van der Waals surface area contributed by atoms with E-state index in [4.69, 9.17) is 4.74 Å². The highest BCUT2D eigenvalue weighted by Crippen LogP contribution is 2.25. The number of morpholine rings is 1. The molecule has 0 atom stereocenters. The third-order valence-electron chi connectivity index (χ3n) is 4.05. The summed E-state index contributed by atoms with van der Waals surface area (Å²) in [5.74, 6) is 0. The first kappa shape index (κ1) is 18.3. The second-order valence-corrected chi connectivity index (χ2v) is 5.77. The molecule has 1 fully saturated rings. The Morgan fingerprint density at radius 2 is 1.63 bits per heavy atom. The van der Waals surface area contributed by atoms with E-state index in [2.05, 4.69) is 15.4 Å². The number of non-ortho nitro benzene ring substituents is 2. The fourth-order valence-corrected chi connectivity index (χ4v) is 2.69. The molecule has 2 aromatic carbocycles. The zero-order chi connectivity index (χ0) is 19.2.